The standard InChI is InChI=1S/C23H24N4O2S2/c1-15-10-16(2)12-18(11-15)27-14-17(13-21(27)29)22-25-26-23(31-22)24-20(28)8-9-30-19-6-4-3-5-7-19/h3-7,10-12,17H,8-9,13-14H2,1-2H3,(H,24,26,28)/t17-/m1/s1. The smallest absolute Gasteiger partial charge is 0.227 e. The number of nitrogens with zero attached hydrogens (tertiary/aromatic N) is 3. The summed E-state index contributed by atoms with van der Waals surface area (Å²) in [5.74, 6) is 0.702. The lowest BCUT2D eigenvalue weighted by Gasteiger charge is -2.17. The van der Waals surface area contributed by atoms with Crippen molar-refractivity contribution in [2.75, 3.05) is 22.5 Å². The van der Waals surface area contributed by atoms with Gasteiger partial charge in [-0.1, -0.05) is 35.6 Å². The van der Waals surface area contributed by atoms with Gasteiger partial charge in [0.05, 0.1) is 0 Å². The second kappa shape index (κ2) is 9.62. The van der Waals surface area contributed by atoms with Crippen LogP contribution in [0.1, 0.15) is 34.9 Å². The molecule has 2 aromatic carbocycles. The Hall–Kier alpha value is -2.71. The number of amides is 2. The Morgan fingerprint density at radius 1 is 1.16 bits per heavy atom. The predicted molar refractivity (Wildman–Crippen MR) is 126 cm³/mol. The summed E-state index contributed by atoms with van der Waals surface area (Å²) in [6, 6.07) is 16.2. The predicted octanol–water partition coefficient (Wildman–Crippen LogP) is 4.80. The number of hydrogen-bond acceptors (Lipinski definition) is 6. The summed E-state index contributed by atoms with van der Waals surface area (Å²) in [6.07, 6.45) is 0.806. The fourth-order valence-corrected chi connectivity index (χ4v) is 5.36. The van der Waals surface area contributed by atoms with Crippen molar-refractivity contribution in [3.8, 4) is 0 Å². The molecule has 4 rings (SSSR count). The molecule has 1 aliphatic rings. The number of thioether (sulfide) groups is 1. The molecule has 8 heteroatoms. The maximum atomic E-state index is 12.6. The molecule has 160 valence electrons. The molecule has 1 aromatic heterocycles. The maximum absolute atomic E-state index is 12.6. The van der Waals surface area contributed by atoms with Crippen molar-refractivity contribution in [1.82, 2.24) is 10.2 Å². The third-order valence-corrected chi connectivity index (χ3v) is 7.04. The Kier molecular flexibility index (Phi) is 6.67. The highest BCUT2D eigenvalue weighted by atomic mass is 32.2. The van der Waals surface area contributed by atoms with Crippen LogP contribution in [0.5, 0.6) is 0 Å². The molecule has 1 saturated heterocycles. The maximum Gasteiger partial charge on any atom is 0.227 e. The SMILES string of the molecule is Cc1cc(C)cc(N2C[C@H](c3nnc(NC(=O)CCSc4ccccc4)s3)CC2=O)c1. The van der Waals surface area contributed by atoms with Crippen molar-refractivity contribution < 1.29 is 9.59 Å². The van der Waals surface area contributed by atoms with Crippen LogP contribution in [-0.4, -0.2) is 34.3 Å². The van der Waals surface area contributed by atoms with Crippen LogP contribution < -0.4 is 10.2 Å². The van der Waals surface area contributed by atoms with Gasteiger partial charge in [0.25, 0.3) is 0 Å². The van der Waals surface area contributed by atoms with E-state index < -0.39 is 0 Å². The molecule has 6 nitrogen and oxygen atoms in total. The van der Waals surface area contributed by atoms with Gasteiger partial charge in [-0.25, -0.2) is 0 Å². The van der Waals surface area contributed by atoms with Gasteiger partial charge < -0.3 is 10.2 Å². The highest BCUT2D eigenvalue weighted by Crippen LogP contribution is 2.35. The Morgan fingerprint density at radius 2 is 1.90 bits per heavy atom. The van der Waals surface area contributed by atoms with Crippen molar-refractivity contribution in [1.29, 1.82) is 0 Å². The fraction of sp³-hybridized carbons (Fsp3) is 0.304. The fourth-order valence-electron chi connectivity index (χ4n) is 3.64. The third kappa shape index (κ3) is 5.51. The molecule has 0 aliphatic carbocycles. The van der Waals surface area contributed by atoms with Gasteiger partial charge in [-0.05, 0) is 49.2 Å². The van der Waals surface area contributed by atoms with E-state index in [1.165, 1.54) is 11.3 Å². The Labute approximate surface area is 190 Å². The van der Waals surface area contributed by atoms with Crippen molar-refractivity contribution in [2.24, 2.45) is 0 Å². The summed E-state index contributed by atoms with van der Waals surface area (Å²) in [7, 11) is 0. The number of carbonyl (C=O) groups is 2. The van der Waals surface area contributed by atoms with Crippen LogP contribution in [0, 0.1) is 13.8 Å². The second-order valence-corrected chi connectivity index (χ2v) is 9.83. The number of rotatable bonds is 7. The van der Waals surface area contributed by atoms with Crippen molar-refractivity contribution >= 4 is 45.7 Å². The summed E-state index contributed by atoms with van der Waals surface area (Å²) in [5, 5.41) is 12.5. The van der Waals surface area contributed by atoms with E-state index in [1.54, 1.807) is 11.8 Å². The monoisotopic (exact) mass is 452 g/mol. The molecular weight excluding hydrogens is 428 g/mol. The first-order valence-corrected chi connectivity index (χ1v) is 12.0. The molecule has 3 aromatic rings. The zero-order chi connectivity index (χ0) is 21.8. The largest absolute Gasteiger partial charge is 0.312 e. The molecular formula is C23H24N4O2S2. The number of aryl methyl sites for hydroxylation is 2. The highest BCUT2D eigenvalue weighted by Gasteiger charge is 2.34. The van der Waals surface area contributed by atoms with Gasteiger partial charge >= 0.3 is 0 Å². The van der Waals surface area contributed by atoms with Crippen LogP contribution in [0.4, 0.5) is 10.8 Å². The van der Waals surface area contributed by atoms with E-state index in [-0.39, 0.29) is 17.7 Å². The first-order chi connectivity index (χ1) is 15.0. The minimum Gasteiger partial charge on any atom is -0.312 e. The summed E-state index contributed by atoms with van der Waals surface area (Å²) in [6.45, 7) is 4.65. The van der Waals surface area contributed by atoms with E-state index in [9.17, 15) is 9.59 Å². The minimum atomic E-state index is -0.0782. The van der Waals surface area contributed by atoms with Gasteiger partial charge in [-0.2, -0.15) is 0 Å². The molecule has 0 spiro atoms. The molecule has 0 saturated carbocycles. The molecule has 2 heterocycles. The molecule has 0 unspecified atom stereocenters. The third-order valence-electron chi connectivity index (χ3n) is 5.02. The lowest BCUT2D eigenvalue weighted by molar-refractivity contribution is -0.117. The van der Waals surface area contributed by atoms with E-state index in [2.05, 4.69) is 21.6 Å². The Morgan fingerprint density at radius 3 is 2.65 bits per heavy atom. The summed E-state index contributed by atoms with van der Waals surface area (Å²) < 4.78 is 0. The molecule has 1 aliphatic heterocycles. The first kappa shape index (κ1) is 21.5. The molecule has 1 atom stereocenters. The van der Waals surface area contributed by atoms with Crippen LogP contribution in [0.3, 0.4) is 0 Å². The summed E-state index contributed by atoms with van der Waals surface area (Å²) in [5.41, 5.74) is 3.20. The first-order valence-electron chi connectivity index (χ1n) is 10.2. The van der Waals surface area contributed by atoms with E-state index >= 15 is 0 Å². The van der Waals surface area contributed by atoms with Crippen LogP contribution in [0.15, 0.2) is 53.4 Å². The van der Waals surface area contributed by atoms with E-state index in [4.69, 9.17) is 0 Å². The Balaban J connectivity index is 1.32. The lowest BCUT2D eigenvalue weighted by atomic mass is 10.1. The van der Waals surface area contributed by atoms with Crippen LogP contribution in [0.25, 0.3) is 0 Å². The lowest BCUT2D eigenvalue weighted by Crippen LogP contribution is -2.24. The van der Waals surface area contributed by atoms with Crippen LogP contribution in [0.2, 0.25) is 0 Å². The molecule has 0 bridgehead atoms. The van der Waals surface area contributed by atoms with E-state index in [1.807, 2.05) is 61.2 Å². The molecule has 1 N–H and O–H groups in total. The Bertz CT molecular complexity index is 1060. The van der Waals surface area contributed by atoms with E-state index in [0.717, 1.165) is 26.7 Å². The zero-order valence-corrected chi connectivity index (χ0v) is 19.1. The average molecular weight is 453 g/mol. The summed E-state index contributed by atoms with van der Waals surface area (Å²) in [4.78, 5) is 27.8. The van der Waals surface area contributed by atoms with Crippen LogP contribution >= 0.6 is 23.1 Å². The minimum absolute atomic E-state index is 0.00916. The van der Waals surface area contributed by atoms with Gasteiger partial charge in [0, 0.05) is 41.6 Å². The van der Waals surface area contributed by atoms with Gasteiger partial charge in [0.15, 0.2) is 0 Å². The number of aromatic nitrogens is 2. The average Bonchev–Trinajstić information content (AvgIpc) is 3.34. The second-order valence-electron chi connectivity index (χ2n) is 7.66. The van der Waals surface area contributed by atoms with Crippen molar-refractivity contribution in [3.63, 3.8) is 0 Å². The van der Waals surface area contributed by atoms with Crippen LogP contribution in [-0.2, 0) is 9.59 Å². The van der Waals surface area contributed by atoms with Crippen molar-refractivity contribution in [2.45, 2.75) is 37.5 Å². The van der Waals surface area contributed by atoms with Gasteiger partial charge in [-0.15, -0.1) is 22.0 Å². The van der Waals surface area contributed by atoms with Gasteiger partial charge in [-0.3, -0.25) is 9.59 Å². The number of hydrogen-bond donors (Lipinski definition) is 1. The number of benzene rings is 2. The van der Waals surface area contributed by atoms with E-state index in [0.29, 0.717) is 30.3 Å². The highest BCUT2D eigenvalue weighted by molar-refractivity contribution is 7.99. The number of anilines is 2. The normalized spacial score (nSPS) is 16.0. The number of carbonyl (C=O) groups excluding carboxylic acids is 2. The van der Waals surface area contributed by atoms with Gasteiger partial charge in [0.2, 0.25) is 16.9 Å². The molecule has 0 radical (unpaired) electrons. The molecule has 1 fully saturated rings. The summed E-state index contributed by atoms with van der Waals surface area (Å²) >= 11 is 3.00. The number of nitrogens with one attached hydrogen (secondary N) is 1. The molecule has 31 heavy (non-hydrogen) atoms. The van der Waals surface area contributed by atoms with Crippen molar-refractivity contribution in [3.05, 3.63) is 64.7 Å². The van der Waals surface area contributed by atoms with Gasteiger partial charge in [0.1, 0.15) is 5.01 Å². The zero-order valence-electron chi connectivity index (χ0n) is 17.5. The quantitative estimate of drug-likeness (QED) is 0.522. The topological polar surface area (TPSA) is 75.2 Å². The molecule has 2 amide bonds.